The second kappa shape index (κ2) is 7.85. The Bertz CT molecular complexity index is 857. The van der Waals surface area contributed by atoms with Crippen LogP contribution in [0.3, 0.4) is 0 Å². The number of benzene rings is 1. The Morgan fingerprint density at radius 3 is 2.85 bits per heavy atom. The number of H-pyrrole nitrogens is 1. The molecule has 3 aromatic rings. The van der Waals surface area contributed by atoms with Crippen LogP contribution in [0, 0.1) is 0 Å². The minimum atomic E-state index is 0.0236. The second-order valence-electron chi connectivity index (χ2n) is 6.60. The third kappa shape index (κ3) is 4.03. The molecule has 0 spiro atoms. The fraction of sp³-hybridized carbons (Fsp3) is 0.300. The van der Waals surface area contributed by atoms with Gasteiger partial charge in [0.05, 0.1) is 5.69 Å². The Hall–Kier alpha value is -2.44. The SMILES string of the molecule is O=C(CCc1cccs1)Nc1n[nH]c2c1CN(CCc1ccccc1)C2. The van der Waals surface area contributed by atoms with E-state index in [4.69, 9.17) is 0 Å². The van der Waals surface area contributed by atoms with Gasteiger partial charge in [0.25, 0.3) is 0 Å². The van der Waals surface area contributed by atoms with Gasteiger partial charge in [-0.3, -0.25) is 14.8 Å². The summed E-state index contributed by atoms with van der Waals surface area (Å²) in [6.07, 6.45) is 2.29. The van der Waals surface area contributed by atoms with Gasteiger partial charge >= 0.3 is 0 Å². The van der Waals surface area contributed by atoms with Crippen LogP contribution in [0.2, 0.25) is 0 Å². The van der Waals surface area contributed by atoms with Crippen LogP contribution in [0.1, 0.15) is 28.1 Å². The maximum Gasteiger partial charge on any atom is 0.225 e. The Kier molecular flexibility index (Phi) is 5.13. The highest BCUT2D eigenvalue weighted by Gasteiger charge is 2.25. The van der Waals surface area contributed by atoms with Gasteiger partial charge in [-0.15, -0.1) is 11.3 Å². The van der Waals surface area contributed by atoms with E-state index in [0.717, 1.165) is 43.7 Å². The molecule has 0 fully saturated rings. The topological polar surface area (TPSA) is 61.0 Å². The van der Waals surface area contributed by atoms with E-state index in [1.54, 1.807) is 11.3 Å². The van der Waals surface area contributed by atoms with Crippen molar-refractivity contribution in [2.45, 2.75) is 32.4 Å². The van der Waals surface area contributed by atoms with E-state index in [1.807, 2.05) is 17.5 Å². The van der Waals surface area contributed by atoms with Crippen molar-refractivity contribution >= 4 is 23.1 Å². The molecule has 2 aromatic heterocycles. The second-order valence-corrected chi connectivity index (χ2v) is 7.64. The number of carbonyl (C=O) groups is 1. The number of aromatic amines is 1. The predicted molar refractivity (Wildman–Crippen MR) is 104 cm³/mol. The summed E-state index contributed by atoms with van der Waals surface area (Å²) in [5.74, 6) is 0.717. The van der Waals surface area contributed by atoms with Crippen molar-refractivity contribution in [1.29, 1.82) is 0 Å². The molecule has 0 unspecified atom stereocenters. The van der Waals surface area contributed by atoms with Gasteiger partial charge in [-0.05, 0) is 29.9 Å². The Labute approximate surface area is 157 Å². The number of nitrogens with one attached hydrogen (secondary N) is 2. The number of fused-ring (bicyclic) bond motifs is 1. The van der Waals surface area contributed by atoms with Gasteiger partial charge in [0, 0.05) is 36.5 Å². The minimum Gasteiger partial charge on any atom is -0.309 e. The van der Waals surface area contributed by atoms with Crippen LogP contribution >= 0.6 is 11.3 Å². The summed E-state index contributed by atoms with van der Waals surface area (Å²) in [5.41, 5.74) is 3.59. The van der Waals surface area contributed by atoms with Crippen molar-refractivity contribution < 1.29 is 4.79 Å². The van der Waals surface area contributed by atoms with Gasteiger partial charge in [-0.1, -0.05) is 36.4 Å². The number of hydrogen-bond acceptors (Lipinski definition) is 4. The van der Waals surface area contributed by atoms with Crippen LogP contribution in [-0.2, 0) is 30.7 Å². The number of aromatic nitrogens is 2. The first-order valence-electron chi connectivity index (χ1n) is 8.92. The highest BCUT2D eigenvalue weighted by atomic mass is 32.1. The molecule has 0 aliphatic carbocycles. The number of carbonyl (C=O) groups excluding carboxylic acids is 1. The Balaban J connectivity index is 1.29. The molecule has 0 bridgehead atoms. The standard InChI is InChI=1S/C20H22N4OS/c25-19(9-8-16-7-4-12-26-16)21-20-17-13-24(14-18(17)22-23-20)11-10-15-5-2-1-3-6-15/h1-7,12H,8-11,13-14H2,(H2,21,22,23,25). The average Bonchev–Trinajstić information content (AvgIpc) is 3.38. The first-order valence-corrected chi connectivity index (χ1v) is 9.80. The number of hydrogen-bond donors (Lipinski definition) is 2. The van der Waals surface area contributed by atoms with Crippen molar-refractivity contribution in [2.24, 2.45) is 0 Å². The molecule has 0 saturated heterocycles. The third-order valence-corrected chi connectivity index (χ3v) is 5.65. The molecule has 0 saturated carbocycles. The molecule has 0 atom stereocenters. The van der Waals surface area contributed by atoms with Crippen molar-refractivity contribution in [3.63, 3.8) is 0 Å². The molecule has 4 rings (SSSR count). The van der Waals surface area contributed by atoms with E-state index in [-0.39, 0.29) is 5.91 Å². The van der Waals surface area contributed by atoms with Crippen molar-refractivity contribution in [2.75, 3.05) is 11.9 Å². The first kappa shape index (κ1) is 17.0. The zero-order chi connectivity index (χ0) is 17.8. The molecular formula is C20H22N4OS. The molecule has 1 aliphatic rings. The number of anilines is 1. The first-order chi connectivity index (χ1) is 12.8. The highest BCUT2D eigenvalue weighted by molar-refractivity contribution is 7.09. The van der Waals surface area contributed by atoms with Crippen LogP contribution in [0.4, 0.5) is 5.82 Å². The lowest BCUT2D eigenvalue weighted by Crippen LogP contribution is -2.20. The largest absolute Gasteiger partial charge is 0.309 e. The van der Waals surface area contributed by atoms with Crippen molar-refractivity contribution in [1.82, 2.24) is 15.1 Å². The summed E-state index contributed by atoms with van der Waals surface area (Å²) >= 11 is 1.69. The van der Waals surface area contributed by atoms with Gasteiger partial charge in [0.1, 0.15) is 0 Å². The molecule has 0 radical (unpaired) electrons. The molecular weight excluding hydrogens is 344 g/mol. The van der Waals surface area contributed by atoms with Crippen LogP contribution < -0.4 is 5.32 Å². The number of amides is 1. The predicted octanol–water partition coefficient (Wildman–Crippen LogP) is 3.60. The summed E-state index contributed by atoms with van der Waals surface area (Å²) in [7, 11) is 0. The molecule has 26 heavy (non-hydrogen) atoms. The van der Waals surface area contributed by atoms with Crippen LogP contribution in [0.15, 0.2) is 47.8 Å². The minimum absolute atomic E-state index is 0.0236. The smallest absolute Gasteiger partial charge is 0.225 e. The summed E-state index contributed by atoms with van der Waals surface area (Å²) < 4.78 is 0. The Morgan fingerprint density at radius 1 is 1.15 bits per heavy atom. The Morgan fingerprint density at radius 2 is 2.04 bits per heavy atom. The normalized spacial score (nSPS) is 13.7. The number of rotatable bonds is 7. The van der Waals surface area contributed by atoms with Gasteiger partial charge in [0.2, 0.25) is 5.91 Å². The maximum absolute atomic E-state index is 12.2. The zero-order valence-electron chi connectivity index (χ0n) is 14.6. The van der Waals surface area contributed by atoms with Crippen molar-refractivity contribution in [3.8, 4) is 0 Å². The molecule has 6 heteroatoms. The lowest BCUT2D eigenvalue weighted by atomic mass is 10.1. The maximum atomic E-state index is 12.2. The lowest BCUT2D eigenvalue weighted by molar-refractivity contribution is -0.116. The summed E-state index contributed by atoms with van der Waals surface area (Å²) in [6.45, 7) is 2.69. The van der Waals surface area contributed by atoms with E-state index in [0.29, 0.717) is 12.2 Å². The third-order valence-electron chi connectivity index (χ3n) is 4.71. The molecule has 134 valence electrons. The van der Waals surface area contributed by atoms with Crippen LogP contribution in [0.5, 0.6) is 0 Å². The molecule has 3 heterocycles. The fourth-order valence-electron chi connectivity index (χ4n) is 3.28. The highest BCUT2D eigenvalue weighted by Crippen LogP contribution is 2.27. The van der Waals surface area contributed by atoms with E-state index < -0.39 is 0 Å². The van der Waals surface area contributed by atoms with E-state index in [1.165, 1.54) is 10.4 Å². The molecule has 1 amide bonds. The van der Waals surface area contributed by atoms with Gasteiger partial charge in [0.15, 0.2) is 5.82 Å². The van der Waals surface area contributed by atoms with Crippen molar-refractivity contribution in [3.05, 3.63) is 69.5 Å². The van der Waals surface area contributed by atoms with Gasteiger partial charge < -0.3 is 5.32 Å². The molecule has 5 nitrogen and oxygen atoms in total. The fourth-order valence-corrected chi connectivity index (χ4v) is 3.99. The summed E-state index contributed by atoms with van der Waals surface area (Å²) in [5, 5.41) is 12.4. The molecule has 1 aliphatic heterocycles. The number of nitrogens with zero attached hydrogens (tertiary/aromatic N) is 2. The number of thiophene rings is 1. The van der Waals surface area contributed by atoms with Crippen LogP contribution in [-0.4, -0.2) is 27.5 Å². The number of aryl methyl sites for hydroxylation is 1. The molecule has 2 N–H and O–H groups in total. The van der Waals surface area contributed by atoms with Gasteiger partial charge in [-0.2, -0.15) is 5.10 Å². The summed E-state index contributed by atoms with van der Waals surface area (Å²) in [4.78, 5) is 15.8. The molecule has 1 aromatic carbocycles. The average molecular weight is 366 g/mol. The van der Waals surface area contributed by atoms with E-state index >= 15 is 0 Å². The van der Waals surface area contributed by atoms with E-state index in [2.05, 4.69) is 50.7 Å². The summed E-state index contributed by atoms with van der Waals surface area (Å²) in [6, 6.07) is 14.6. The zero-order valence-corrected chi connectivity index (χ0v) is 15.4. The monoisotopic (exact) mass is 366 g/mol. The van der Waals surface area contributed by atoms with E-state index in [9.17, 15) is 4.79 Å². The lowest BCUT2D eigenvalue weighted by Gasteiger charge is -2.15. The van der Waals surface area contributed by atoms with Crippen LogP contribution in [0.25, 0.3) is 0 Å². The quantitative estimate of drug-likeness (QED) is 0.672. The van der Waals surface area contributed by atoms with Gasteiger partial charge in [-0.25, -0.2) is 0 Å².